The van der Waals surface area contributed by atoms with Crippen molar-refractivity contribution in [2.45, 2.75) is 18.8 Å². The number of nitrogens with one attached hydrogen (secondary N) is 1. The Kier molecular flexibility index (Phi) is 4.24. The Hall–Kier alpha value is -3.74. The molecular weight excluding hydrogens is 383 g/mol. The molecule has 2 aromatic heterocycles. The Labute approximate surface area is 171 Å². The van der Waals surface area contributed by atoms with Crippen LogP contribution in [0.4, 0.5) is 10.1 Å². The zero-order chi connectivity index (χ0) is 20.8. The Morgan fingerprint density at radius 2 is 1.87 bits per heavy atom. The summed E-state index contributed by atoms with van der Waals surface area (Å²) in [7, 11) is 1.83. The summed E-state index contributed by atoms with van der Waals surface area (Å²) in [4.78, 5) is 30.3. The maximum absolute atomic E-state index is 13.6. The van der Waals surface area contributed by atoms with Crippen LogP contribution in [0.3, 0.4) is 0 Å². The molecule has 1 fully saturated rings. The van der Waals surface area contributed by atoms with E-state index in [0.717, 1.165) is 29.6 Å². The molecule has 0 atom stereocenters. The summed E-state index contributed by atoms with van der Waals surface area (Å²) in [5.74, 6) is -0.641. The van der Waals surface area contributed by atoms with Crippen LogP contribution < -0.4 is 10.9 Å². The molecule has 5 rings (SSSR count). The molecule has 0 saturated heterocycles. The number of halogens is 1. The van der Waals surface area contributed by atoms with Gasteiger partial charge < -0.3 is 5.32 Å². The third-order valence-electron chi connectivity index (χ3n) is 5.43. The summed E-state index contributed by atoms with van der Waals surface area (Å²) in [6.07, 6.45) is 3.48. The van der Waals surface area contributed by atoms with Crippen LogP contribution >= 0.6 is 0 Å². The van der Waals surface area contributed by atoms with Crippen LogP contribution in [0.5, 0.6) is 0 Å². The second kappa shape index (κ2) is 6.95. The van der Waals surface area contributed by atoms with Crippen molar-refractivity contribution in [1.29, 1.82) is 0 Å². The van der Waals surface area contributed by atoms with Gasteiger partial charge in [0.15, 0.2) is 0 Å². The summed E-state index contributed by atoms with van der Waals surface area (Å²) in [6.45, 7) is 0. The van der Waals surface area contributed by atoms with E-state index in [1.165, 1.54) is 24.4 Å². The largest absolute Gasteiger partial charge is 0.314 e. The van der Waals surface area contributed by atoms with E-state index in [4.69, 9.17) is 0 Å². The van der Waals surface area contributed by atoms with E-state index in [1.54, 1.807) is 10.7 Å². The van der Waals surface area contributed by atoms with Gasteiger partial charge in [-0.05, 0) is 54.6 Å². The van der Waals surface area contributed by atoms with Gasteiger partial charge >= 0.3 is 0 Å². The maximum atomic E-state index is 13.6. The van der Waals surface area contributed by atoms with Crippen molar-refractivity contribution in [3.8, 4) is 5.69 Å². The fourth-order valence-corrected chi connectivity index (χ4v) is 3.84. The van der Waals surface area contributed by atoms with Crippen LogP contribution in [0.2, 0.25) is 0 Å². The molecule has 1 saturated carbocycles. The lowest BCUT2D eigenvalue weighted by molar-refractivity contribution is 0.102. The van der Waals surface area contributed by atoms with Crippen molar-refractivity contribution >= 4 is 22.4 Å². The van der Waals surface area contributed by atoms with Crippen LogP contribution in [0.25, 0.3) is 16.5 Å². The Morgan fingerprint density at radius 1 is 1.10 bits per heavy atom. The number of para-hydroxylation sites is 1. The van der Waals surface area contributed by atoms with E-state index in [0.29, 0.717) is 5.39 Å². The molecule has 7 heteroatoms. The summed E-state index contributed by atoms with van der Waals surface area (Å²) < 4.78 is 16.9. The zero-order valence-corrected chi connectivity index (χ0v) is 16.3. The number of hydrogen-bond donors (Lipinski definition) is 1. The molecule has 6 nitrogen and oxygen atoms in total. The van der Waals surface area contributed by atoms with Gasteiger partial charge in [0.05, 0.1) is 11.4 Å². The minimum atomic E-state index is -0.494. The lowest BCUT2D eigenvalue weighted by Crippen LogP contribution is -2.23. The van der Waals surface area contributed by atoms with Crippen LogP contribution in [0.15, 0.2) is 65.6 Å². The fraction of sp³-hybridized carbons (Fsp3) is 0.174. The van der Waals surface area contributed by atoms with Crippen LogP contribution in [-0.2, 0) is 7.05 Å². The van der Waals surface area contributed by atoms with Gasteiger partial charge in [-0.3, -0.25) is 19.3 Å². The Morgan fingerprint density at radius 3 is 2.60 bits per heavy atom. The summed E-state index contributed by atoms with van der Waals surface area (Å²) >= 11 is 0. The molecule has 1 N–H and O–H groups in total. The predicted octanol–water partition coefficient (Wildman–Crippen LogP) is 3.99. The van der Waals surface area contributed by atoms with Crippen molar-refractivity contribution in [2.24, 2.45) is 7.05 Å². The number of nitrogens with zero attached hydrogens (tertiary/aromatic N) is 3. The lowest BCUT2D eigenvalue weighted by Gasteiger charge is -2.09. The standard InChI is InChI=1S/C23H19FN4O2/c1-27-21(14-7-8-14)20(23(30)28(27)18-5-3-2-4-6-18)26-22(29)19-12-16-11-17(24)10-9-15(16)13-25-19/h2-6,9-14H,7-8H2,1H3,(H,26,29). The summed E-state index contributed by atoms with van der Waals surface area (Å²) in [6, 6.07) is 15.2. The smallest absolute Gasteiger partial charge is 0.295 e. The molecule has 1 aliphatic carbocycles. The first kappa shape index (κ1) is 18.3. The minimum absolute atomic E-state index is 0.129. The highest BCUT2D eigenvalue weighted by molar-refractivity contribution is 6.05. The second-order valence-electron chi connectivity index (χ2n) is 7.53. The second-order valence-corrected chi connectivity index (χ2v) is 7.53. The molecule has 0 bridgehead atoms. The van der Waals surface area contributed by atoms with Crippen molar-refractivity contribution in [3.05, 3.63) is 88.4 Å². The summed E-state index contributed by atoms with van der Waals surface area (Å²) in [5, 5.41) is 4.09. The highest BCUT2D eigenvalue weighted by atomic mass is 19.1. The number of fused-ring (bicyclic) bond motifs is 1. The van der Waals surface area contributed by atoms with Crippen molar-refractivity contribution < 1.29 is 9.18 Å². The first-order valence-corrected chi connectivity index (χ1v) is 9.77. The van der Waals surface area contributed by atoms with E-state index in [2.05, 4.69) is 10.3 Å². The molecule has 150 valence electrons. The highest BCUT2D eigenvalue weighted by Gasteiger charge is 2.33. The fourth-order valence-electron chi connectivity index (χ4n) is 3.84. The first-order valence-electron chi connectivity index (χ1n) is 9.77. The topological polar surface area (TPSA) is 68.9 Å². The van der Waals surface area contributed by atoms with E-state index in [1.807, 2.05) is 42.1 Å². The minimum Gasteiger partial charge on any atom is -0.314 e. The number of benzene rings is 2. The third kappa shape index (κ3) is 3.08. The molecule has 4 aromatic rings. The molecular formula is C23H19FN4O2. The normalized spacial score (nSPS) is 13.5. The highest BCUT2D eigenvalue weighted by Crippen LogP contribution is 2.42. The quantitative estimate of drug-likeness (QED) is 0.561. The lowest BCUT2D eigenvalue weighted by atomic mass is 10.1. The van der Waals surface area contributed by atoms with Gasteiger partial charge in [-0.25, -0.2) is 9.07 Å². The molecule has 0 radical (unpaired) electrons. The zero-order valence-electron chi connectivity index (χ0n) is 16.3. The molecule has 2 aromatic carbocycles. The number of carbonyl (C=O) groups is 1. The van der Waals surface area contributed by atoms with Gasteiger partial charge in [0, 0.05) is 24.5 Å². The van der Waals surface area contributed by atoms with E-state index in [-0.39, 0.29) is 28.7 Å². The molecule has 0 unspecified atom stereocenters. The van der Waals surface area contributed by atoms with Gasteiger partial charge in [0.1, 0.15) is 17.2 Å². The van der Waals surface area contributed by atoms with Gasteiger partial charge in [-0.2, -0.15) is 0 Å². The average Bonchev–Trinajstić information content (AvgIpc) is 3.55. The van der Waals surface area contributed by atoms with E-state index >= 15 is 0 Å². The Balaban J connectivity index is 1.56. The number of hydrogen-bond acceptors (Lipinski definition) is 3. The Bertz CT molecular complexity index is 1340. The van der Waals surface area contributed by atoms with Crippen molar-refractivity contribution in [1.82, 2.24) is 14.3 Å². The number of carbonyl (C=O) groups excluding carboxylic acids is 1. The number of aromatic nitrogens is 3. The van der Waals surface area contributed by atoms with Crippen molar-refractivity contribution in [2.75, 3.05) is 5.32 Å². The van der Waals surface area contributed by atoms with Crippen LogP contribution in [-0.4, -0.2) is 20.3 Å². The van der Waals surface area contributed by atoms with Gasteiger partial charge in [-0.15, -0.1) is 0 Å². The van der Waals surface area contributed by atoms with Crippen LogP contribution in [0.1, 0.15) is 34.9 Å². The number of anilines is 1. The average molecular weight is 402 g/mol. The monoisotopic (exact) mass is 402 g/mol. The molecule has 1 amide bonds. The predicted molar refractivity (Wildman–Crippen MR) is 113 cm³/mol. The van der Waals surface area contributed by atoms with Gasteiger partial charge in [0.2, 0.25) is 0 Å². The molecule has 0 aliphatic heterocycles. The molecule has 30 heavy (non-hydrogen) atoms. The maximum Gasteiger partial charge on any atom is 0.295 e. The van der Waals surface area contributed by atoms with Gasteiger partial charge in [0.25, 0.3) is 11.5 Å². The van der Waals surface area contributed by atoms with Crippen LogP contribution in [0, 0.1) is 5.82 Å². The molecule has 2 heterocycles. The number of pyridine rings is 1. The molecule has 0 spiro atoms. The number of amides is 1. The summed E-state index contributed by atoms with van der Waals surface area (Å²) in [5.41, 5.74) is 1.65. The van der Waals surface area contributed by atoms with E-state index < -0.39 is 5.91 Å². The molecule has 1 aliphatic rings. The third-order valence-corrected chi connectivity index (χ3v) is 5.43. The first-order chi connectivity index (χ1) is 14.5. The van der Waals surface area contributed by atoms with Gasteiger partial charge in [-0.1, -0.05) is 18.2 Å². The SMILES string of the molecule is Cn1c(C2CC2)c(NC(=O)c2cc3cc(F)ccc3cn2)c(=O)n1-c1ccccc1. The number of rotatable bonds is 4. The van der Waals surface area contributed by atoms with E-state index in [9.17, 15) is 14.0 Å². The van der Waals surface area contributed by atoms with Crippen molar-refractivity contribution in [3.63, 3.8) is 0 Å².